The zero-order valence-electron chi connectivity index (χ0n) is 11.7. The first-order valence-corrected chi connectivity index (χ1v) is 7.02. The van der Waals surface area contributed by atoms with Crippen molar-refractivity contribution in [2.75, 3.05) is 6.61 Å². The van der Waals surface area contributed by atoms with Gasteiger partial charge in [-0.25, -0.2) is 4.98 Å². The molecule has 0 saturated heterocycles. The number of aliphatic hydroxyl groups excluding tert-OH is 1. The normalized spacial score (nSPS) is 12.6. The zero-order chi connectivity index (χ0) is 14.5. The highest BCUT2D eigenvalue weighted by Gasteiger charge is 2.08. The molecule has 1 N–H and O–H groups in total. The van der Waals surface area contributed by atoms with Gasteiger partial charge in [-0.15, -0.1) is 0 Å². The molecule has 3 aromatic rings. The molecule has 1 heterocycles. The second-order valence-corrected chi connectivity index (χ2v) is 5.04. The second kappa shape index (κ2) is 6.52. The highest BCUT2D eigenvalue weighted by atomic mass is 16.5. The van der Waals surface area contributed by atoms with Crippen LogP contribution in [0.1, 0.15) is 5.56 Å². The average molecular weight is 282 g/mol. The Balaban J connectivity index is 1.53. The Morgan fingerprint density at radius 1 is 1.05 bits per heavy atom. The largest absolute Gasteiger partial charge is 0.389 e. The van der Waals surface area contributed by atoms with Gasteiger partial charge in [0.1, 0.15) is 0 Å². The van der Waals surface area contributed by atoms with E-state index in [1.165, 1.54) is 0 Å². The van der Waals surface area contributed by atoms with Crippen molar-refractivity contribution in [3.05, 3.63) is 66.5 Å². The molecule has 0 aliphatic carbocycles. The highest BCUT2D eigenvalue weighted by molar-refractivity contribution is 5.74. The number of hydrogen-bond acceptors (Lipinski definition) is 3. The third kappa shape index (κ3) is 3.48. The van der Waals surface area contributed by atoms with Crippen LogP contribution in [0.15, 0.2) is 60.9 Å². The molecule has 0 aliphatic rings. The lowest BCUT2D eigenvalue weighted by atomic mass is 10.2. The molecule has 4 heteroatoms. The maximum atomic E-state index is 10.1. The Morgan fingerprint density at radius 3 is 2.67 bits per heavy atom. The van der Waals surface area contributed by atoms with Gasteiger partial charge in [-0.3, -0.25) is 0 Å². The fourth-order valence-corrected chi connectivity index (χ4v) is 2.32. The molecule has 0 spiro atoms. The van der Waals surface area contributed by atoms with Gasteiger partial charge < -0.3 is 14.4 Å². The lowest BCUT2D eigenvalue weighted by Crippen LogP contribution is -2.21. The highest BCUT2D eigenvalue weighted by Crippen LogP contribution is 2.12. The number of fused-ring (bicyclic) bond motifs is 1. The van der Waals surface area contributed by atoms with Gasteiger partial charge in [0.15, 0.2) is 0 Å². The van der Waals surface area contributed by atoms with Crippen LogP contribution >= 0.6 is 0 Å². The van der Waals surface area contributed by atoms with Gasteiger partial charge in [0.2, 0.25) is 0 Å². The molecule has 0 unspecified atom stereocenters. The number of ether oxygens (including phenoxy) is 1. The van der Waals surface area contributed by atoms with Gasteiger partial charge >= 0.3 is 0 Å². The number of rotatable bonds is 6. The van der Waals surface area contributed by atoms with Crippen molar-refractivity contribution >= 4 is 11.0 Å². The van der Waals surface area contributed by atoms with Gasteiger partial charge in [0.05, 0.1) is 43.2 Å². The quantitative estimate of drug-likeness (QED) is 0.756. The third-order valence-electron chi connectivity index (χ3n) is 3.36. The maximum absolute atomic E-state index is 10.1. The first kappa shape index (κ1) is 13.8. The van der Waals surface area contributed by atoms with Gasteiger partial charge in [0, 0.05) is 0 Å². The Bertz CT molecular complexity index is 694. The molecule has 108 valence electrons. The minimum Gasteiger partial charge on any atom is -0.389 e. The van der Waals surface area contributed by atoms with Crippen LogP contribution in [0.25, 0.3) is 11.0 Å². The minimum atomic E-state index is -0.550. The van der Waals surface area contributed by atoms with E-state index in [-0.39, 0.29) is 0 Å². The zero-order valence-corrected chi connectivity index (χ0v) is 11.7. The van der Waals surface area contributed by atoms with Crippen molar-refractivity contribution in [1.82, 2.24) is 9.55 Å². The molecule has 0 amide bonds. The van der Waals surface area contributed by atoms with Crippen molar-refractivity contribution in [3.8, 4) is 0 Å². The summed E-state index contributed by atoms with van der Waals surface area (Å²) < 4.78 is 7.51. The summed E-state index contributed by atoms with van der Waals surface area (Å²) in [5, 5.41) is 10.1. The average Bonchev–Trinajstić information content (AvgIpc) is 2.92. The van der Waals surface area contributed by atoms with Crippen molar-refractivity contribution in [3.63, 3.8) is 0 Å². The van der Waals surface area contributed by atoms with E-state index < -0.39 is 6.10 Å². The first-order valence-electron chi connectivity index (χ1n) is 7.02. The number of para-hydroxylation sites is 2. The van der Waals surface area contributed by atoms with Crippen LogP contribution in [0.4, 0.5) is 0 Å². The van der Waals surface area contributed by atoms with E-state index >= 15 is 0 Å². The van der Waals surface area contributed by atoms with Gasteiger partial charge in [-0.2, -0.15) is 0 Å². The summed E-state index contributed by atoms with van der Waals surface area (Å²) in [6.07, 6.45) is 1.21. The van der Waals surface area contributed by atoms with Crippen LogP contribution in [0.2, 0.25) is 0 Å². The van der Waals surface area contributed by atoms with E-state index in [1.807, 2.05) is 59.2 Å². The second-order valence-electron chi connectivity index (χ2n) is 5.04. The molecule has 3 rings (SSSR count). The maximum Gasteiger partial charge on any atom is 0.0959 e. The number of imidazole rings is 1. The summed E-state index contributed by atoms with van der Waals surface area (Å²) >= 11 is 0. The van der Waals surface area contributed by atoms with Crippen LogP contribution < -0.4 is 0 Å². The smallest absolute Gasteiger partial charge is 0.0959 e. The number of aromatic nitrogens is 2. The molecule has 21 heavy (non-hydrogen) atoms. The Labute approximate surface area is 123 Å². The van der Waals surface area contributed by atoms with E-state index in [9.17, 15) is 5.11 Å². The molecule has 1 aromatic heterocycles. The van der Waals surface area contributed by atoms with E-state index in [2.05, 4.69) is 4.98 Å². The molecule has 0 bridgehead atoms. The molecule has 0 radical (unpaired) electrons. The third-order valence-corrected chi connectivity index (χ3v) is 3.36. The summed E-state index contributed by atoms with van der Waals surface area (Å²) in [7, 11) is 0. The van der Waals surface area contributed by atoms with Crippen LogP contribution in [0.5, 0.6) is 0 Å². The lowest BCUT2D eigenvalue weighted by molar-refractivity contribution is 0.0209. The fourth-order valence-electron chi connectivity index (χ4n) is 2.32. The fraction of sp³-hybridized carbons (Fsp3) is 0.235. The molecule has 0 aliphatic heterocycles. The van der Waals surface area contributed by atoms with Crippen molar-refractivity contribution in [2.45, 2.75) is 19.3 Å². The van der Waals surface area contributed by atoms with Crippen molar-refractivity contribution < 1.29 is 9.84 Å². The van der Waals surface area contributed by atoms with E-state index in [0.717, 1.165) is 16.6 Å². The molecular weight excluding hydrogens is 264 g/mol. The van der Waals surface area contributed by atoms with Crippen molar-refractivity contribution in [2.24, 2.45) is 0 Å². The van der Waals surface area contributed by atoms with Gasteiger partial charge in [-0.05, 0) is 17.7 Å². The molecule has 4 nitrogen and oxygen atoms in total. The van der Waals surface area contributed by atoms with Gasteiger partial charge in [-0.1, -0.05) is 42.5 Å². The summed E-state index contributed by atoms with van der Waals surface area (Å²) in [5.41, 5.74) is 3.08. The van der Waals surface area contributed by atoms with Crippen LogP contribution in [0.3, 0.4) is 0 Å². The minimum absolute atomic E-state index is 0.307. The monoisotopic (exact) mass is 282 g/mol. The van der Waals surface area contributed by atoms with Crippen LogP contribution in [-0.4, -0.2) is 27.4 Å². The molecule has 2 aromatic carbocycles. The number of hydrogen-bond donors (Lipinski definition) is 1. The number of nitrogens with zero attached hydrogens (tertiary/aromatic N) is 2. The standard InChI is InChI=1S/C17H18N2O2/c20-15(12-21-11-14-6-2-1-3-7-14)10-19-13-18-16-8-4-5-9-17(16)19/h1-9,13,15,20H,10-12H2/t15-/m0/s1. The topological polar surface area (TPSA) is 47.3 Å². The van der Waals surface area contributed by atoms with E-state index in [1.54, 1.807) is 6.33 Å². The summed E-state index contributed by atoms with van der Waals surface area (Å²) in [4.78, 5) is 4.31. The number of benzene rings is 2. The Kier molecular flexibility index (Phi) is 4.28. The van der Waals surface area contributed by atoms with Crippen LogP contribution in [-0.2, 0) is 17.9 Å². The SMILES string of the molecule is O[C@H](COCc1ccccc1)Cn1cnc2ccccc21. The summed E-state index contributed by atoms with van der Waals surface area (Å²) in [6.45, 7) is 1.30. The van der Waals surface area contributed by atoms with Crippen LogP contribution in [0, 0.1) is 0 Å². The summed E-state index contributed by atoms with van der Waals surface area (Å²) in [5.74, 6) is 0. The van der Waals surface area contributed by atoms with E-state index in [0.29, 0.717) is 19.8 Å². The van der Waals surface area contributed by atoms with E-state index in [4.69, 9.17) is 4.74 Å². The summed E-state index contributed by atoms with van der Waals surface area (Å²) in [6, 6.07) is 17.8. The van der Waals surface area contributed by atoms with Crippen molar-refractivity contribution in [1.29, 1.82) is 0 Å². The Morgan fingerprint density at radius 2 is 1.81 bits per heavy atom. The predicted octanol–water partition coefficient (Wildman–Crippen LogP) is 2.61. The lowest BCUT2D eigenvalue weighted by Gasteiger charge is -2.12. The number of aliphatic hydroxyl groups is 1. The van der Waals surface area contributed by atoms with Gasteiger partial charge in [0.25, 0.3) is 0 Å². The molecule has 1 atom stereocenters. The molecule has 0 saturated carbocycles. The molecular formula is C17H18N2O2. The Hall–Kier alpha value is -2.17. The molecule has 0 fully saturated rings. The first-order chi connectivity index (χ1) is 10.3. The predicted molar refractivity (Wildman–Crippen MR) is 81.8 cm³/mol.